The van der Waals surface area contributed by atoms with E-state index in [2.05, 4.69) is 37.4 Å². The van der Waals surface area contributed by atoms with Gasteiger partial charge in [0.25, 0.3) is 0 Å². The highest BCUT2D eigenvalue weighted by Crippen LogP contribution is 2.39. The Bertz CT molecular complexity index is 372. The van der Waals surface area contributed by atoms with Gasteiger partial charge in [0, 0.05) is 24.8 Å². The second kappa shape index (κ2) is 5.87. The first kappa shape index (κ1) is 13.6. The zero-order valence-electron chi connectivity index (χ0n) is 12.2. The van der Waals surface area contributed by atoms with Gasteiger partial charge >= 0.3 is 0 Å². The number of aromatic nitrogens is 2. The first-order valence-electron chi connectivity index (χ1n) is 7.33. The van der Waals surface area contributed by atoms with Crippen molar-refractivity contribution < 1.29 is 0 Å². The molecule has 1 aromatic heterocycles. The Morgan fingerprint density at radius 3 is 2.72 bits per heavy atom. The smallest absolute Gasteiger partial charge is 0.0537 e. The van der Waals surface area contributed by atoms with Gasteiger partial charge in [-0.05, 0) is 37.1 Å². The zero-order chi connectivity index (χ0) is 13.1. The largest absolute Gasteiger partial charge is 0.310 e. The summed E-state index contributed by atoms with van der Waals surface area (Å²) in [6, 6.07) is 0.485. The highest BCUT2D eigenvalue weighted by molar-refractivity contribution is 5.12. The summed E-state index contributed by atoms with van der Waals surface area (Å²) in [6.45, 7) is 8.02. The molecule has 0 aromatic carbocycles. The van der Waals surface area contributed by atoms with E-state index in [1.54, 1.807) is 0 Å². The van der Waals surface area contributed by atoms with Gasteiger partial charge in [-0.15, -0.1) is 0 Å². The summed E-state index contributed by atoms with van der Waals surface area (Å²) >= 11 is 0. The van der Waals surface area contributed by atoms with Crippen molar-refractivity contribution in [2.75, 3.05) is 6.54 Å². The lowest BCUT2D eigenvalue weighted by atomic mass is 9.72. The molecular weight excluding hydrogens is 222 g/mol. The average molecular weight is 249 g/mol. The van der Waals surface area contributed by atoms with Crippen molar-refractivity contribution in [3.63, 3.8) is 0 Å². The van der Waals surface area contributed by atoms with Crippen LogP contribution in [0.15, 0.2) is 12.4 Å². The van der Waals surface area contributed by atoms with Crippen molar-refractivity contribution in [1.82, 2.24) is 15.1 Å². The number of nitrogens with one attached hydrogen (secondary N) is 1. The molecule has 4 atom stereocenters. The fourth-order valence-corrected chi connectivity index (χ4v) is 3.27. The lowest BCUT2D eigenvalue weighted by molar-refractivity contribution is 0.172. The number of hydrogen-bond acceptors (Lipinski definition) is 2. The quantitative estimate of drug-likeness (QED) is 0.888. The van der Waals surface area contributed by atoms with E-state index in [9.17, 15) is 0 Å². The van der Waals surface area contributed by atoms with Crippen molar-refractivity contribution in [2.45, 2.75) is 46.1 Å². The molecule has 0 saturated heterocycles. The molecule has 2 rings (SSSR count). The highest BCUT2D eigenvalue weighted by atomic mass is 15.2. The minimum Gasteiger partial charge on any atom is -0.310 e. The van der Waals surface area contributed by atoms with Crippen LogP contribution >= 0.6 is 0 Å². The average Bonchev–Trinajstić information content (AvgIpc) is 2.76. The molecule has 0 spiro atoms. The van der Waals surface area contributed by atoms with E-state index in [1.807, 2.05) is 17.9 Å². The molecule has 1 aliphatic rings. The van der Waals surface area contributed by atoms with Crippen LogP contribution in [-0.2, 0) is 7.05 Å². The summed E-state index contributed by atoms with van der Waals surface area (Å²) in [4.78, 5) is 0. The van der Waals surface area contributed by atoms with Gasteiger partial charge in [-0.2, -0.15) is 5.10 Å². The van der Waals surface area contributed by atoms with Gasteiger partial charge < -0.3 is 5.32 Å². The van der Waals surface area contributed by atoms with Crippen LogP contribution in [-0.4, -0.2) is 16.3 Å². The van der Waals surface area contributed by atoms with Crippen LogP contribution in [0.1, 0.15) is 51.6 Å². The zero-order valence-corrected chi connectivity index (χ0v) is 12.2. The van der Waals surface area contributed by atoms with E-state index in [0.29, 0.717) is 6.04 Å². The summed E-state index contributed by atoms with van der Waals surface area (Å²) in [5, 5.41) is 7.99. The van der Waals surface area contributed by atoms with Gasteiger partial charge in [-0.3, -0.25) is 4.68 Å². The minimum absolute atomic E-state index is 0.485. The molecule has 1 aliphatic carbocycles. The molecule has 1 N–H and O–H groups in total. The molecule has 0 amide bonds. The Balaban J connectivity index is 2.10. The van der Waals surface area contributed by atoms with Crippen molar-refractivity contribution in [3.05, 3.63) is 18.0 Å². The standard InChI is InChI=1S/C15H27N3/c1-5-16-15(14-9-17-18(4)10-14)13-7-6-11(2)12(3)8-13/h9-13,15-16H,5-8H2,1-4H3. The van der Waals surface area contributed by atoms with Gasteiger partial charge in [-0.25, -0.2) is 0 Å². The molecule has 18 heavy (non-hydrogen) atoms. The number of hydrogen-bond donors (Lipinski definition) is 1. The molecule has 1 aromatic rings. The van der Waals surface area contributed by atoms with Crippen LogP contribution in [0.2, 0.25) is 0 Å². The van der Waals surface area contributed by atoms with E-state index in [1.165, 1.54) is 24.8 Å². The van der Waals surface area contributed by atoms with Gasteiger partial charge in [0.15, 0.2) is 0 Å². The van der Waals surface area contributed by atoms with Crippen molar-refractivity contribution in [3.8, 4) is 0 Å². The van der Waals surface area contributed by atoms with E-state index in [0.717, 1.165) is 24.3 Å². The second-order valence-corrected chi connectivity index (χ2v) is 6.01. The van der Waals surface area contributed by atoms with Crippen LogP contribution in [0.5, 0.6) is 0 Å². The number of nitrogens with zero attached hydrogens (tertiary/aromatic N) is 2. The molecule has 102 valence electrons. The number of rotatable bonds is 4. The Hall–Kier alpha value is -0.830. The van der Waals surface area contributed by atoms with Crippen LogP contribution in [0, 0.1) is 17.8 Å². The summed E-state index contributed by atoms with van der Waals surface area (Å²) in [5.41, 5.74) is 1.35. The van der Waals surface area contributed by atoms with E-state index in [4.69, 9.17) is 0 Å². The molecular formula is C15H27N3. The topological polar surface area (TPSA) is 29.9 Å². The van der Waals surface area contributed by atoms with Crippen LogP contribution in [0.25, 0.3) is 0 Å². The molecule has 0 radical (unpaired) electrons. The SMILES string of the molecule is CCNC(c1cnn(C)c1)C1CCC(C)C(C)C1. The monoisotopic (exact) mass is 249 g/mol. The molecule has 0 bridgehead atoms. The van der Waals surface area contributed by atoms with Crippen molar-refractivity contribution in [2.24, 2.45) is 24.8 Å². The summed E-state index contributed by atoms with van der Waals surface area (Å²) < 4.78 is 1.91. The Labute approximate surface area is 111 Å². The maximum absolute atomic E-state index is 4.33. The molecule has 4 unspecified atom stereocenters. The predicted molar refractivity (Wildman–Crippen MR) is 75.3 cm³/mol. The maximum Gasteiger partial charge on any atom is 0.0537 e. The minimum atomic E-state index is 0.485. The third kappa shape index (κ3) is 2.94. The summed E-state index contributed by atoms with van der Waals surface area (Å²) in [7, 11) is 2.00. The molecule has 3 heteroatoms. The first-order chi connectivity index (χ1) is 8.61. The second-order valence-electron chi connectivity index (χ2n) is 6.01. The molecule has 1 heterocycles. The van der Waals surface area contributed by atoms with Crippen LogP contribution < -0.4 is 5.32 Å². The van der Waals surface area contributed by atoms with E-state index in [-0.39, 0.29) is 0 Å². The Kier molecular flexibility index (Phi) is 4.44. The van der Waals surface area contributed by atoms with Crippen LogP contribution in [0.3, 0.4) is 0 Å². The third-order valence-electron chi connectivity index (χ3n) is 4.62. The fraction of sp³-hybridized carbons (Fsp3) is 0.800. The number of aryl methyl sites for hydroxylation is 1. The van der Waals surface area contributed by atoms with E-state index >= 15 is 0 Å². The van der Waals surface area contributed by atoms with Gasteiger partial charge in [-0.1, -0.05) is 27.2 Å². The highest BCUT2D eigenvalue weighted by Gasteiger charge is 2.31. The van der Waals surface area contributed by atoms with Crippen molar-refractivity contribution in [1.29, 1.82) is 0 Å². The first-order valence-corrected chi connectivity index (χ1v) is 7.33. The maximum atomic E-state index is 4.33. The van der Waals surface area contributed by atoms with Crippen molar-refractivity contribution >= 4 is 0 Å². The fourth-order valence-electron chi connectivity index (χ4n) is 3.27. The summed E-state index contributed by atoms with van der Waals surface area (Å²) in [6.07, 6.45) is 8.24. The van der Waals surface area contributed by atoms with Crippen LogP contribution in [0.4, 0.5) is 0 Å². The van der Waals surface area contributed by atoms with E-state index < -0.39 is 0 Å². The Morgan fingerprint density at radius 1 is 1.39 bits per heavy atom. The van der Waals surface area contributed by atoms with Gasteiger partial charge in [0.1, 0.15) is 0 Å². The molecule has 0 aliphatic heterocycles. The van der Waals surface area contributed by atoms with Gasteiger partial charge in [0.2, 0.25) is 0 Å². The lowest BCUT2D eigenvalue weighted by Gasteiger charge is -2.36. The normalized spacial score (nSPS) is 30.3. The lowest BCUT2D eigenvalue weighted by Crippen LogP contribution is -2.33. The predicted octanol–water partition coefficient (Wildman–Crippen LogP) is 3.14. The molecule has 3 nitrogen and oxygen atoms in total. The molecule has 1 saturated carbocycles. The van der Waals surface area contributed by atoms with Gasteiger partial charge in [0.05, 0.1) is 6.20 Å². The summed E-state index contributed by atoms with van der Waals surface area (Å²) in [5.74, 6) is 2.50. The molecule has 1 fully saturated rings. The third-order valence-corrected chi connectivity index (χ3v) is 4.62. The Morgan fingerprint density at radius 2 is 2.17 bits per heavy atom.